The number of benzene rings is 1. The highest BCUT2D eigenvalue weighted by molar-refractivity contribution is 5.86. The summed E-state index contributed by atoms with van der Waals surface area (Å²) >= 11 is 0. The molecular formula is C23H32FN5O4. The zero-order chi connectivity index (χ0) is 24.2. The maximum absolute atomic E-state index is 15.5. The molecule has 2 aliphatic rings. The predicted octanol–water partition coefficient (Wildman–Crippen LogP) is 2.40. The van der Waals surface area contributed by atoms with Gasteiger partial charge in [-0.05, 0) is 65.9 Å². The number of hydrogen-bond donors (Lipinski definition) is 2. The number of aromatic nitrogens is 2. The minimum Gasteiger partial charge on any atom is -0.444 e. The minimum atomic E-state index is -0.690. The second-order valence-corrected chi connectivity index (χ2v) is 10.2. The number of carbonyl (C=O) groups excluding carboxylic acids is 1. The van der Waals surface area contributed by atoms with Crippen LogP contribution in [0.25, 0.3) is 10.9 Å². The average molecular weight is 462 g/mol. The van der Waals surface area contributed by atoms with E-state index in [-0.39, 0.29) is 29.0 Å². The van der Waals surface area contributed by atoms with E-state index in [2.05, 4.69) is 5.32 Å². The van der Waals surface area contributed by atoms with E-state index >= 15 is 4.39 Å². The van der Waals surface area contributed by atoms with Gasteiger partial charge in [0.05, 0.1) is 16.6 Å². The normalized spacial score (nSPS) is 19.7. The molecule has 3 N–H and O–H groups in total. The lowest BCUT2D eigenvalue weighted by atomic mass is 10.0. The SMILES string of the molecule is Cc1c(F)c(N2CC[C@@H](C(C)NC(=O)OC(C)(C)C)C2)cc2c1c(=O)n(N)c(=O)n2C1CC1. The topological polar surface area (TPSA) is 112 Å². The number of nitrogen functional groups attached to an aromatic ring is 1. The van der Waals surface area contributed by atoms with Crippen molar-refractivity contribution in [2.75, 3.05) is 23.8 Å². The van der Waals surface area contributed by atoms with Gasteiger partial charge in [0.1, 0.15) is 11.4 Å². The van der Waals surface area contributed by atoms with Crippen LogP contribution in [0.1, 0.15) is 58.6 Å². The van der Waals surface area contributed by atoms with Gasteiger partial charge in [-0.25, -0.2) is 14.0 Å². The fraction of sp³-hybridized carbons (Fsp3) is 0.609. The summed E-state index contributed by atoms with van der Waals surface area (Å²) in [5.74, 6) is 5.32. The van der Waals surface area contributed by atoms with Gasteiger partial charge < -0.3 is 20.8 Å². The average Bonchev–Trinajstić information content (AvgIpc) is 3.42. The summed E-state index contributed by atoms with van der Waals surface area (Å²) in [6.45, 7) is 9.99. The van der Waals surface area contributed by atoms with Crippen LogP contribution in [-0.2, 0) is 4.74 Å². The summed E-state index contributed by atoms with van der Waals surface area (Å²) in [5, 5.41) is 3.01. The van der Waals surface area contributed by atoms with E-state index in [1.807, 2.05) is 11.8 Å². The molecule has 2 fully saturated rings. The summed E-state index contributed by atoms with van der Waals surface area (Å²) in [6, 6.07) is 1.41. The highest BCUT2D eigenvalue weighted by Gasteiger charge is 2.33. The Kier molecular flexibility index (Phi) is 5.66. The summed E-state index contributed by atoms with van der Waals surface area (Å²) in [7, 11) is 0. The van der Waals surface area contributed by atoms with E-state index in [1.54, 1.807) is 33.8 Å². The third-order valence-electron chi connectivity index (χ3n) is 6.49. The molecule has 0 bridgehead atoms. The fourth-order valence-corrected chi connectivity index (χ4v) is 4.59. The van der Waals surface area contributed by atoms with Crippen LogP contribution >= 0.6 is 0 Å². The van der Waals surface area contributed by atoms with Gasteiger partial charge in [-0.3, -0.25) is 9.36 Å². The maximum atomic E-state index is 15.5. The summed E-state index contributed by atoms with van der Waals surface area (Å²) < 4.78 is 22.9. The second-order valence-electron chi connectivity index (χ2n) is 10.2. The molecule has 1 aliphatic carbocycles. The lowest BCUT2D eigenvalue weighted by molar-refractivity contribution is 0.0494. The molecule has 0 radical (unpaired) electrons. The maximum Gasteiger partial charge on any atom is 0.407 e. The molecule has 10 heteroatoms. The molecule has 33 heavy (non-hydrogen) atoms. The van der Waals surface area contributed by atoms with Crippen LogP contribution in [0.4, 0.5) is 14.9 Å². The van der Waals surface area contributed by atoms with Crippen molar-refractivity contribution < 1.29 is 13.9 Å². The number of nitrogens with one attached hydrogen (secondary N) is 1. The van der Waals surface area contributed by atoms with Crippen molar-refractivity contribution in [1.29, 1.82) is 0 Å². The molecule has 1 aromatic heterocycles. The van der Waals surface area contributed by atoms with E-state index in [1.165, 1.54) is 4.57 Å². The van der Waals surface area contributed by atoms with Crippen molar-refractivity contribution in [1.82, 2.24) is 14.6 Å². The predicted molar refractivity (Wildman–Crippen MR) is 125 cm³/mol. The second kappa shape index (κ2) is 8.07. The van der Waals surface area contributed by atoms with Crippen LogP contribution < -0.4 is 27.3 Å². The first kappa shape index (κ1) is 23.1. The van der Waals surface area contributed by atoms with Crippen molar-refractivity contribution in [2.24, 2.45) is 5.92 Å². The third-order valence-corrected chi connectivity index (χ3v) is 6.49. The third kappa shape index (κ3) is 4.30. The van der Waals surface area contributed by atoms with Crippen molar-refractivity contribution >= 4 is 22.7 Å². The zero-order valence-electron chi connectivity index (χ0n) is 19.8. The van der Waals surface area contributed by atoms with Gasteiger partial charge in [0.25, 0.3) is 5.56 Å². The molecule has 2 heterocycles. The Balaban J connectivity index is 1.64. The molecule has 180 valence electrons. The number of anilines is 1. The summed E-state index contributed by atoms with van der Waals surface area (Å²) in [6.07, 6.45) is 1.91. The molecule has 2 atom stereocenters. The molecular weight excluding hydrogens is 429 g/mol. The largest absolute Gasteiger partial charge is 0.444 e. The molecule has 4 rings (SSSR count). The highest BCUT2D eigenvalue weighted by Crippen LogP contribution is 2.38. The lowest BCUT2D eigenvalue weighted by Gasteiger charge is -2.26. The lowest BCUT2D eigenvalue weighted by Crippen LogP contribution is -2.45. The number of halogens is 1. The standard InChI is InChI=1S/C23H32FN5O4/c1-12-18-16(28(15-6-7-15)22(32)29(25)20(18)30)10-17(19(12)24)27-9-8-14(11-27)13(2)26-21(31)33-23(3,4)5/h10,13-15H,6-9,11,25H2,1-5H3,(H,26,31)/t13?,14-/m1/s1. The van der Waals surface area contributed by atoms with Crippen molar-refractivity contribution in [3.63, 3.8) is 0 Å². The number of alkyl carbamates (subject to hydrolysis) is 1. The number of amides is 1. The number of fused-ring (bicyclic) bond motifs is 1. The highest BCUT2D eigenvalue weighted by atomic mass is 19.1. The molecule has 1 aliphatic heterocycles. The number of nitrogens with two attached hydrogens (primary N) is 1. The van der Waals surface area contributed by atoms with Gasteiger partial charge in [0.15, 0.2) is 0 Å². The molecule has 0 spiro atoms. The van der Waals surface area contributed by atoms with Gasteiger partial charge in [0.2, 0.25) is 0 Å². The first-order valence-electron chi connectivity index (χ1n) is 11.4. The Hall–Kier alpha value is -3.04. The van der Waals surface area contributed by atoms with Gasteiger partial charge in [-0.1, -0.05) is 0 Å². The van der Waals surface area contributed by atoms with Crippen LogP contribution in [0, 0.1) is 18.7 Å². The number of rotatable bonds is 4. The number of ether oxygens (including phenoxy) is 1. The van der Waals surface area contributed by atoms with Gasteiger partial charge in [0, 0.05) is 30.7 Å². The van der Waals surface area contributed by atoms with Crippen molar-refractivity contribution in [3.8, 4) is 0 Å². The van der Waals surface area contributed by atoms with Crippen LogP contribution in [0.2, 0.25) is 0 Å². The van der Waals surface area contributed by atoms with Crippen molar-refractivity contribution in [3.05, 3.63) is 38.3 Å². The van der Waals surface area contributed by atoms with Crippen LogP contribution in [0.3, 0.4) is 0 Å². The van der Waals surface area contributed by atoms with E-state index in [4.69, 9.17) is 10.6 Å². The van der Waals surface area contributed by atoms with E-state index < -0.39 is 28.8 Å². The molecule has 1 unspecified atom stereocenters. The number of hydrogen-bond acceptors (Lipinski definition) is 6. The van der Waals surface area contributed by atoms with Gasteiger partial charge in [-0.2, -0.15) is 4.68 Å². The van der Waals surface area contributed by atoms with Gasteiger partial charge in [-0.15, -0.1) is 0 Å². The molecule has 2 aromatic rings. The van der Waals surface area contributed by atoms with Crippen LogP contribution in [0.5, 0.6) is 0 Å². The first-order valence-corrected chi connectivity index (χ1v) is 11.4. The first-order chi connectivity index (χ1) is 15.4. The number of aryl methyl sites for hydroxylation is 1. The van der Waals surface area contributed by atoms with Crippen molar-refractivity contribution in [2.45, 2.75) is 71.6 Å². The molecule has 1 amide bonds. The van der Waals surface area contributed by atoms with Gasteiger partial charge >= 0.3 is 11.8 Å². The fourth-order valence-electron chi connectivity index (χ4n) is 4.59. The summed E-state index contributed by atoms with van der Waals surface area (Å²) in [5.41, 5.74) is -0.895. The van der Waals surface area contributed by atoms with E-state index in [9.17, 15) is 14.4 Å². The molecule has 1 aromatic carbocycles. The minimum absolute atomic E-state index is 0.0301. The quantitative estimate of drug-likeness (QED) is 0.677. The zero-order valence-corrected chi connectivity index (χ0v) is 19.8. The Morgan fingerprint density at radius 1 is 1.27 bits per heavy atom. The molecule has 1 saturated heterocycles. The van der Waals surface area contributed by atoms with E-state index in [0.717, 1.165) is 19.3 Å². The monoisotopic (exact) mass is 461 g/mol. The molecule has 9 nitrogen and oxygen atoms in total. The Morgan fingerprint density at radius 2 is 1.94 bits per heavy atom. The molecule has 1 saturated carbocycles. The van der Waals surface area contributed by atoms with E-state index in [0.29, 0.717) is 29.0 Å². The van der Waals surface area contributed by atoms with Crippen LogP contribution in [0.15, 0.2) is 15.7 Å². The smallest absolute Gasteiger partial charge is 0.407 e. The Bertz CT molecular complexity index is 1220. The Morgan fingerprint density at radius 3 is 2.55 bits per heavy atom. The van der Waals surface area contributed by atoms with Crippen LogP contribution in [-0.4, -0.2) is 40.1 Å². The number of carbonyl (C=O) groups is 1. The summed E-state index contributed by atoms with van der Waals surface area (Å²) in [4.78, 5) is 39.4. The number of nitrogens with zero attached hydrogens (tertiary/aromatic N) is 3. The Labute approximate surface area is 191 Å².